The summed E-state index contributed by atoms with van der Waals surface area (Å²) in [6.45, 7) is 0. The second kappa shape index (κ2) is 4.74. The third kappa shape index (κ3) is 2.68. The Morgan fingerprint density at radius 2 is 2.36 bits per heavy atom. The number of aryl methyl sites for hydroxylation is 1. The fourth-order valence-corrected chi connectivity index (χ4v) is 2.55. The van der Waals surface area contributed by atoms with Crippen molar-refractivity contribution in [1.29, 1.82) is 0 Å². The molecule has 1 nitrogen and oxygen atoms in total. The van der Waals surface area contributed by atoms with Crippen LogP contribution < -0.4 is 0 Å². The molecule has 0 atom stereocenters. The van der Waals surface area contributed by atoms with Crippen molar-refractivity contribution in [2.45, 2.75) is 38.5 Å². The SMILES string of the molecule is O=C(CCc1cccs1)CC1CCC1. The molecular formula is C12H16OS. The summed E-state index contributed by atoms with van der Waals surface area (Å²) >= 11 is 1.75. The lowest BCUT2D eigenvalue weighted by atomic mass is 9.81. The number of rotatable bonds is 5. The molecular weight excluding hydrogens is 192 g/mol. The number of Topliss-reactive ketones (excluding diaryl/α,β-unsaturated/α-hetero) is 1. The molecule has 76 valence electrons. The third-order valence-corrected chi connectivity index (χ3v) is 3.91. The van der Waals surface area contributed by atoms with Crippen LogP contribution in [0.25, 0.3) is 0 Å². The largest absolute Gasteiger partial charge is 0.300 e. The lowest BCUT2D eigenvalue weighted by molar-refractivity contribution is -0.120. The Morgan fingerprint density at radius 3 is 2.93 bits per heavy atom. The fraction of sp³-hybridized carbons (Fsp3) is 0.583. The summed E-state index contributed by atoms with van der Waals surface area (Å²) < 4.78 is 0. The van der Waals surface area contributed by atoms with E-state index < -0.39 is 0 Å². The Balaban J connectivity index is 1.67. The Morgan fingerprint density at radius 1 is 1.50 bits per heavy atom. The molecule has 1 aliphatic rings. The first-order valence-corrected chi connectivity index (χ1v) is 6.26. The summed E-state index contributed by atoms with van der Waals surface area (Å²) in [6.07, 6.45) is 6.43. The third-order valence-electron chi connectivity index (χ3n) is 2.97. The molecule has 1 saturated carbocycles. The number of hydrogen-bond donors (Lipinski definition) is 0. The average Bonchev–Trinajstić information content (AvgIpc) is 2.60. The minimum absolute atomic E-state index is 0.461. The van der Waals surface area contributed by atoms with Crippen LogP contribution in [0.5, 0.6) is 0 Å². The minimum Gasteiger partial charge on any atom is -0.300 e. The summed E-state index contributed by atoms with van der Waals surface area (Å²) in [5, 5.41) is 2.08. The van der Waals surface area contributed by atoms with Gasteiger partial charge in [-0.3, -0.25) is 4.79 Å². The van der Waals surface area contributed by atoms with Gasteiger partial charge in [0.1, 0.15) is 5.78 Å². The van der Waals surface area contributed by atoms with Crippen molar-refractivity contribution < 1.29 is 4.79 Å². The first-order valence-electron chi connectivity index (χ1n) is 5.38. The normalized spacial score (nSPS) is 16.6. The first kappa shape index (κ1) is 9.91. The van der Waals surface area contributed by atoms with Crippen LogP contribution in [-0.2, 0) is 11.2 Å². The quantitative estimate of drug-likeness (QED) is 0.724. The molecule has 0 amide bonds. The maximum atomic E-state index is 11.5. The Kier molecular flexibility index (Phi) is 3.35. The molecule has 0 aromatic carbocycles. The molecule has 14 heavy (non-hydrogen) atoms. The fourth-order valence-electron chi connectivity index (χ4n) is 1.84. The monoisotopic (exact) mass is 208 g/mol. The number of carbonyl (C=O) groups excluding carboxylic acids is 1. The second-order valence-corrected chi connectivity index (χ2v) is 5.15. The number of ketones is 1. The van der Waals surface area contributed by atoms with Crippen LogP contribution in [-0.4, -0.2) is 5.78 Å². The van der Waals surface area contributed by atoms with Gasteiger partial charge in [-0.25, -0.2) is 0 Å². The molecule has 0 aliphatic heterocycles. The van der Waals surface area contributed by atoms with E-state index in [1.807, 2.05) is 0 Å². The van der Waals surface area contributed by atoms with Crippen LogP contribution in [0.4, 0.5) is 0 Å². The van der Waals surface area contributed by atoms with E-state index in [4.69, 9.17) is 0 Å². The number of thiophene rings is 1. The number of carbonyl (C=O) groups is 1. The molecule has 0 bridgehead atoms. The predicted molar refractivity (Wildman–Crippen MR) is 59.6 cm³/mol. The molecule has 2 heteroatoms. The lowest BCUT2D eigenvalue weighted by Crippen LogP contribution is -2.15. The second-order valence-electron chi connectivity index (χ2n) is 4.12. The van der Waals surface area contributed by atoms with Gasteiger partial charge in [-0.1, -0.05) is 25.3 Å². The molecule has 0 radical (unpaired) electrons. The van der Waals surface area contributed by atoms with E-state index in [1.165, 1.54) is 24.1 Å². The standard InChI is InChI=1S/C12H16OS/c13-11(9-10-3-1-4-10)6-7-12-5-2-8-14-12/h2,5,8,10H,1,3-4,6-7,9H2. The van der Waals surface area contributed by atoms with Gasteiger partial charge in [0, 0.05) is 17.7 Å². The molecule has 0 saturated heterocycles. The maximum absolute atomic E-state index is 11.5. The summed E-state index contributed by atoms with van der Waals surface area (Å²) in [7, 11) is 0. The van der Waals surface area contributed by atoms with E-state index in [-0.39, 0.29) is 0 Å². The van der Waals surface area contributed by atoms with E-state index in [9.17, 15) is 4.79 Å². The summed E-state index contributed by atoms with van der Waals surface area (Å²) in [4.78, 5) is 12.9. The Bertz CT molecular complexity index is 285. The van der Waals surface area contributed by atoms with Crippen LogP contribution >= 0.6 is 11.3 Å². The van der Waals surface area contributed by atoms with Crippen molar-refractivity contribution in [2.24, 2.45) is 5.92 Å². The van der Waals surface area contributed by atoms with E-state index >= 15 is 0 Å². The van der Waals surface area contributed by atoms with Crippen LogP contribution in [0.2, 0.25) is 0 Å². The van der Waals surface area contributed by atoms with Gasteiger partial charge in [0.2, 0.25) is 0 Å². The molecule has 1 aromatic heterocycles. The van der Waals surface area contributed by atoms with Gasteiger partial charge < -0.3 is 0 Å². The summed E-state index contributed by atoms with van der Waals surface area (Å²) in [5.41, 5.74) is 0. The van der Waals surface area contributed by atoms with E-state index in [2.05, 4.69) is 17.5 Å². The lowest BCUT2D eigenvalue weighted by Gasteiger charge is -2.24. The molecule has 1 aromatic rings. The van der Waals surface area contributed by atoms with Crippen LogP contribution in [0.3, 0.4) is 0 Å². The first-order chi connectivity index (χ1) is 6.84. The van der Waals surface area contributed by atoms with Gasteiger partial charge in [-0.2, -0.15) is 0 Å². The van der Waals surface area contributed by atoms with Gasteiger partial charge in [0.25, 0.3) is 0 Å². The van der Waals surface area contributed by atoms with Gasteiger partial charge in [0.05, 0.1) is 0 Å². The Labute approximate surface area is 89.1 Å². The molecule has 1 heterocycles. The average molecular weight is 208 g/mol. The van der Waals surface area contributed by atoms with Crippen LogP contribution in [0.1, 0.15) is 37.0 Å². The zero-order valence-corrected chi connectivity index (χ0v) is 9.19. The van der Waals surface area contributed by atoms with Crippen molar-refractivity contribution in [1.82, 2.24) is 0 Å². The number of hydrogen-bond acceptors (Lipinski definition) is 2. The molecule has 2 rings (SSSR count). The molecule has 0 unspecified atom stereocenters. The van der Waals surface area contributed by atoms with Gasteiger partial charge in [-0.05, 0) is 23.8 Å². The highest BCUT2D eigenvalue weighted by Crippen LogP contribution is 2.30. The van der Waals surface area contributed by atoms with Crippen molar-refractivity contribution in [2.75, 3.05) is 0 Å². The van der Waals surface area contributed by atoms with Crippen molar-refractivity contribution in [3.8, 4) is 0 Å². The Hall–Kier alpha value is -0.630. The highest BCUT2D eigenvalue weighted by molar-refractivity contribution is 7.09. The predicted octanol–water partition coefficient (Wildman–Crippen LogP) is 3.44. The molecule has 0 N–H and O–H groups in total. The van der Waals surface area contributed by atoms with E-state index in [1.54, 1.807) is 11.3 Å². The van der Waals surface area contributed by atoms with Crippen LogP contribution in [0, 0.1) is 5.92 Å². The molecule has 1 fully saturated rings. The van der Waals surface area contributed by atoms with Gasteiger partial charge in [-0.15, -0.1) is 11.3 Å². The maximum Gasteiger partial charge on any atom is 0.133 e. The smallest absolute Gasteiger partial charge is 0.133 e. The van der Waals surface area contributed by atoms with E-state index in [0.717, 1.165) is 25.2 Å². The van der Waals surface area contributed by atoms with Gasteiger partial charge in [0.15, 0.2) is 0 Å². The summed E-state index contributed by atoms with van der Waals surface area (Å²) in [6, 6.07) is 4.16. The van der Waals surface area contributed by atoms with Gasteiger partial charge >= 0.3 is 0 Å². The highest BCUT2D eigenvalue weighted by atomic mass is 32.1. The molecule has 0 spiro atoms. The van der Waals surface area contributed by atoms with E-state index in [0.29, 0.717) is 5.78 Å². The molecule has 1 aliphatic carbocycles. The van der Waals surface area contributed by atoms with Crippen LogP contribution in [0.15, 0.2) is 17.5 Å². The van der Waals surface area contributed by atoms with Crippen molar-refractivity contribution in [3.63, 3.8) is 0 Å². The zero-order valence-electron chi connectivity index (χ0n) is 8.37. The van der Waals surface area contributed by atoms with Crippen molar-refractivity contribution >= 4 is 17.1 Å². The minimum atomic E-state index is 0.461. The zero-order chi connectivity index (χ0) is 9.80. The summed E-state index contributed by atoms with van der Waals surface area (Å²) in [5.74, 6) is 1.19. The topological polar surface area (TPSA) is 17.1 Å². The van der Waals surface area contributed by atoms with Crippen molar-refractivity contribution in [3.05, 3.63) is 22.4 Å². The highest BCUT2D eigenvalue weighted by Gasteiger charge is 2.20.